The largest absolute Gasteiger partial charge is 0.466 e. The third-order valence-electron chi connectivity index (χ3n) is 2.87. The van der Waals surface area contributed by atoms with Gasteiger partial charge in [-0.25, -0.2) is 9.59 Å². The summed E-state index contributed by atoms with van der Waals surface area (Å²) in [6.45, 7) is 8.72. The summed E-state index contributed by atoms with van der Waals surface area (Å²) >= 11 is 0. The number of benzene rings is 1. The van der Waals surface area contributed by atoms with Gasteiger partial charge in [0.2, 0.25) is 0 Å². The van der Waals surface area contributed by atoms with E-state index in [-0.39, 0.29) is 12.5 Å². The number of hydrogen-bond acceptors (Lipinski definition) is 4. The lowest BCUT2D eigenvalue weighted by Gasteiger charge is -2.26. The molecule has 0 bridgehead atoms. The Labute approximate surface area is 119 Å². The smallest absolute Gasteiger partial charge is 0.329 e. The number of esters is 2. The van der Waals surface area contributed by atoms with Crippen molar-refractivity contribution in [3.8, 4) is 0 Å². The fourth-order valence-electron chi connectivity index (χ4n) is 1.63. The molecule has 0 N–H and O–H groups in total. The lowest BCUT2D eigenvalue weighted by atomic mass is 10.4. The zero-order valence-corrected chi connectivity index (χ0v) is 12.5. The Morgan fingerprint density at radius 3 is 1.90 bits per heavy atom. The van der Waals surface area contributed by atoms with Crippen molar-refractivity contribution in [2.24, 2.45) is 0 Å². The van der Waals surface area contributed by atoms with E-state index < -0.39 is 20.0 Å². The topological polar surface area (TPSA) is 52.6 Å². The van der Waals surface area contributed by atoms with Crippen molar-refractivity contribution < 1.29 is 19.1 Å². The minimum Gasteiger partial charge on any atom is -0.466 e. The molecule has 0 aliphatic heterocycles. The quantitative estimate of drug-likeness (QED) is 0.434. The van der Waals surface area contributed by atoms with E-state index in [0.29, 0.717) is 0 Å². The summed E-state index contributed by atoms with van der Waals surface area (Å²) in [5.74, 6) is -0.954. The second-order valence-electron chi connectivity index (χ2n) is 4.55. The Kier molecular flexibility index (Phi) is 5.93. The molecule has 0 radical (unpaired) electrons. The van der Waals surface area contributed by atoms with Gasteiger partial charge in [-0.2, -0.15) is 0 Å². The molecular weight excluding hydrogens is 272 g/mol. The van der Waals surface area contributed by atoms with Crippen LogP contribution in [0.15, 0.2) is 55.6 Å². The van der Waals surface area contributed by atoms with Gasteiger partial charge >= 0.3 is 11.9 Å². The van der Waals surface area contributed by atoms with Crippen LogP contribution < -0.4 is 5.19 Å². The minimum atomic E-state index is -2.27. The van der Waals surface area contributed by atoms with Gasteiger partial charge in [0.25, 0.3) is 0 Å². The predicted octanol–water partition coefficient (Wildman–Crippen LogP) is 1.51. The Morgan fingerprint density at radius 1 is 1.05 bits per heavy atom. The number of rotatable bonds is 7. The first-order valence-electron chi connectivity index (χ1n) is 6.16. The molecule has 0 amide bonds. The molecule has 106 valence electrons. The van der Waals surface area contributed by atoms with E-state index in [2.05, 4.69) is 13.2 Å². The van der Waals surface area contributed by atoms with Crippen molar-refractivity contribution in [3.63, 3.8) is 0 Å². The first kappa shape index (κ1) is 15.9. The van der Waals surface area contributed by atoms with Crippen LogP contribution in [0.3, 0.4) is 0 Å². The summed E-state index contributed by atoms with van der Waals surface area (Å²) in [6, 6.07) is 9.63. The Balaban J connectivity index is 2.87. The van der Waals surface area contributed by atoms with Gasteiger partial charge in [-0.1, -0.05) is 55.2 Å². The molecule has 1 aromatic carbocycles. The Morgan fingerprint density at radius 2 is 1.50 bits per heavy atom. The number of ether oxygens (including phenoxy) is 2. The van der Waals surface area contributed by atoms with E-state index in [4.69, 9.17) is 9.47 Å². The summed E-state index contributed by atoms with van der Waals surface area (Å²) in [5.41, 5.74) is 0. The van der Waals surface area contributed by atoms with Crippen molar-refractivity contribution >= 4 is 25.2 Å². The van der Waals surface area contributed by atoms with Gasteiger partial charge in [0.15, 0.2) is 8.07 Å². The van der Waals surface area contributed by atoms with Gasteiger partial charge in [0.1, 0.15) is 0 Å². The fourth-order valence-corrected chi connectivity index (χ4v) is 3.96. The van der Waals surface area contributed by atoms with E-state index in [9.17, 15) is 9.59 Å². The van der Waals surface area contributed by atoms with Crippen LogP contribution in [-0.4, -0.2) is 32.5 Å². The third-order valence-corrected chi connectivity index (χ3v) is 6.16. The highest BCUT2D eigenvalue weighted by Gasteiger charge is 2.33. The summed E-state index contributed by atoms with van der Waals surface area (Å²) in [6.07, 6.45) is 2.70. The van der Waals surface area contributed by atoms with Crippen LogP contribution in [0.5, 0.6) is 0 Å². The van der Waals surface area contributed by atoms with E-state index in [0.717, 1.165) is 17.3 Å². The van der Waals surface area contributed by atoms with Crippen molar-refractivity contribution in [2.75, 3.05) is 12.5 Å². The molecule has 1 aromatic rings. The van der Waals surface area contributed by atoms with Gasteiger partial charge in [-0.15, -0.1) is 0 Å². The molecule has 0 heterocycles. The molecule has 5 heteroatoms. The maximum atomic E-state index is 11.2. The first-order valence-corrected chi connectivity index (χ1v) is 9.07. The van der Waals surface area contributed by atoms with E-state index >= 15 is 0 Å². The molecule has 4 nitrogen and oxygen atoms in total. The SMILES string of the molecule is C=CC(=O)OC[Si](C)(COC(=O)C=C)c1ccccc1. The summed E-state index contributed by atoms with van der Waals surface area (Å²) < 4.78 is 10.3. The van der Waals surface area contributed by atoms with Crippen molar-refractivity contribution in [2.45, 2.75) is 6.55 Å². The van der Waals surface area contributed by atoms with E-state index in [1.807, 2.05) is 36.9 Å². The van der Waals surface area contributed by atoms with Gasteiger partial charge in [-0.05, 0) is 0 Å². The van der Waals surface area contributed by atoms with Crippen LogP contribution in [0, 0.1) is 0 Å². The van der Waals surface area contributed by atoms with Crippen LogP contribution >= 0.6 is 0 Å². The van der Waals surface area contributed by atoms with E-state index in [1.54, 1.807) is 0 Å². The van der Waals surface area contributed by atoms with Gasteiger partial charge in [0.05, 0.1) is 12.5 Å². The number of carbonyl (C=O) groups excluding carboxylic acids is 2. The molecule has 0 spiro atoms. The molecule has 0 aliphatic carbocycles. The van der Waals surface area contributed by atoms with Gasteiger partial charge in [0, 0.05) is 12.2 Å². The summed E-state index contributed by atoms with van der Waals surface area (Å²) in [5, 5.41) is 1.05. The zero-order valence-electron chi connectivity index (χ0n) is 11.5. The molecule has 0 atom stereocenters. The van der Waals surface area contributed by atoms with Crippen LogP contribution in [0.4, 0.5) is 0 Å². The first-order chi connectivity index (χ1) is 9.51. The molecule has 20 heavy (non-hydrogen) atoms. The number of hydrogen-bond donors (Lipinski definition) is 0. The van der Waals surface area contributed by atoms with E-state index in [1.165, 1.54) is 0 Å². The molecule has 0 aliphatic rings. The molecule has 0 unspecified atom stereocenters. The lowest BCUT2D eigenvalue weighted by Crippen LogP contribution is -2.54. The standard InChI is InChI=1S/C15H18O4Si/c1-4-14(16)18-11-20(3,12-19-15(17)5-2)13-9-7-6-8-10-13/h4-10H,1-2,11-12H2,3H3. The average molecular weight is 290 g/mol. The normalized spacial score (nSPS) is 10.4. The average Bonchev–Trinajstić information content (AvgIpc) is 2.51. The second kappa shape index (κ2) is 7.45. The summed E-state index contributed by atoms with van der Waals surface area (Å²) in [7, 11) is -2.27. The number of carbonyl (C=O) groups is 2. The highest BCUT2D eigenvalue weighted by atomic mass is 28.3. The highest BCUT2D eigenvalue weighted by Crippen LogP contribution is 2.07. The Hall–Kier alpha value is -2.14. The molecule has 0 saturated carbocycles. The highest BCUT2D eigenvalue weighted by molar-refractivity contribution is 6.91. The van der Waals surface area contributed by atoms with Crippen LogP contribution in [0.2, 0.25) is 6.55 Å². The molecule has 1 rings (SSSR count). The molecule has 0 saturated heterocycles. The van der Waals surface area contributed by atoms with Gasteiger partial charge < -0.3 is 9.47 Å². The maximum Gasteiger partial charge on any atom is 0.329 e. The third kappa shape index (κ3) is 4.51. The lowest BCUT2D eigenvalue weighted by molar-refractivity contribution is -0.136. The molecule has 0 aromatic heterocycles. The minimum absolute atomic E-state index is 0.228. The van der Waals surface area contributed by atoms with Crippen LogP contribution in [-0.2, 0) is 19.1 Å². The molecular formula is C15H18O4Si. The van der Waals surface area contributed by atoms with Crippen LogP contribution in [0.25, 0.3) is 0 Å². The fraction of sp³-hybridized carbons (Fsp3) is 0.200. The maximum absolute atomic E-state index is 11.2. The summed E-state index contributed by atoms with van der Waals surface area (Å²) in [4.78, 5) is 22.5. The Bertz CT molecular complexity index is 472. The van der Waals surface area contributed by atoms with Crippen molar-refractivity contribution in [1.29, 1.82) is 0 Å². The van der Waals surface area contributed by atoms with Gasteiger partial charge in [-0.3, -0.25) is 0 Å². The van der Waals surface area contributed by atoms with Crippen molar-refractivity contribution in [3.05, 3.63) is 55.6 Å². The predicted molar refractivity (Wildman–Crippen MR) is 80.0 cm³/mol. The van der Waals surface area contributed by atoms with Crippen molar-refractivity contribution in [1.82, 2.24) is 0 Å². The zero-order chi connectivity index (χ0) is 15.0. The van der Waals surface area contributed by atoms with Crippen LogP contribution in [0.1, 0.15) is 0 Å². The monoisotopic (exact) mass is 290 g/mol. The second-order valence-corrected chi connectivity index (χ2v) is 8.83. The molecule has 0 fully saturated rings.